The molecule has 2 aromatic carbocycles. The van der Waals surface area contributed by atoms with E-state index < -0.39 is 5.97 Å². The number of benzene rings is 2. The van der Waals surface area contributed by atoms with E-state index in [1.54, 1.807) is 12.1 Å². The SMILES string of the molecule is Cc1ccc(C(=O)O)c(-c2c(Cl)cc(Cl)cc2Cl)c1. The number of hydrogen-bond donors (Lipinski definition) is 1. The molecule has 2 aromatic rings. The first-order valence-corrected chi connectivity index (χ1v) is 6.52. The molecular weight excluding hydrogens is 307 g/mol. The number of aromatic carboxylic acids is 1. The van der Waals surface area contributed by atoms with Gasteiger partial charge in [0.2, 0.25) is 0 Å². The van der Waals surface area contributed by atoms with Crippen LogP contribution in [0.25, 0.3) is 11.1 Å². The lowest BCUT2D eigenvalue weighted by Crippen LogP contribution is -2.00. The first-order chi connectivity index (χ1) is 8.90. The van der Waals surface area contributed by atoms with Gasteiger partial charge in [-0.2, -0.15) is 0 Å². The van der Waals surface area contributed by atoms with Crippen LogP contribution in [0.3, 0.4) is 0 Å². The number of carboxylic acids is 1. The standard InChI is InChI=1S/C14H9Cl3O2/c1-7-2-3-9(14(18)19)10(4-7)13-11(16)5-8(15)6-12(13)17/h2-6H,1H3,(H,18,19). The third-order valence-corrected chi connectivity index (χ3v) is 3.50. The highest BCUT2D eigenvalue weighted by Gasteiger charge is 2.17. The van der Waals surface area contributed by atoms with Gasteiger partial charge in [-0.1, -0.05) is 52.5 Å². The van der Waals surface area contributed by atoms with Crippen molar-refractivity contribution in [2.24, 2.45) is 0 Å². The lowest BCUT2D eigenvalue weighted by molar-refractivity contribution is 0.0698. The summed E-state index contributed by atoms with van der Waals surface area (Å²) < 4.78 is 0. The van der Waals surface area contributed by atoms with Crippen LogP contribution in [0.4, 0.5) is 0 Å². The van der Waals surface area contributed by atoms with Gasteiger partial charge < -0.3 is 5.11 Å². The molecule has 0 aliphatic heterocycles. The van der Waals surface area contributed by atoms with Gasteiger partial charge in [-0.05, 0) is 30.7 Å². The molecular formula is C14H9Cl3O2. The molecule has 0 saturated heterocycles. The third-order valence-electron chi connectivity index (χ3n) is 2.68. The molecule has 98 valence electrons. The van der Waals surface area contributed by atoms with Crippen LogP contribution in [0.1, 0.15) is 15.9 Å². The van der Waals surface area contributed by atoms with Gasteiger partial charge in [0.25, 0.3) is 0 Å². The van der Waals surface area contributed by atoms with E-state index in [1.807, 2.05) is 6.92 Å². The van der Waals surface area contributed by atoms with Gasteiger partial charge >= 0.3 is 5.97 Å². The van der Waals surface area contributed by atoms with Crippen molar-refractivity contribution in [2.45, 2.75) is 6.92 Å². The first-order valence-electron chi connectivity index (χ1n) is 5.39. The second kappa shape index (κ2) is 5.41. The van der Waals surface area contributed by atoms with E-state index in [9.17, 15) is 9.90 Å². The highest BCUT2D eigenvalue weighted by atomic mass is 35.5. The molecule has 0 spiro atoms. The Bertz CT molecular complexity index is 643. The number of carbonyl (C=O) groups is 1. The predicted octanol–water partition coefficient (Wildman–Crippen LogP) is 5.32. The van der Waals surface area contributed by atoms with Crippen molar-refractivity contribution in [3.05, 3.63) is 56.5 Å². The van der Waals surface area contributed by atoms with E-state index in [1.165, 1.54) is 18.2 Å². The Morgan fingerprint density at radius 3 is 2.16 bits per heavy atom. The Kier molecular flexibility index (Phi) is 4.04. The zero-order valence-electron chi connectivity index (χ0n) is 9.88. The molecule has 0 aliphatic carbocycles. The number of carboxylic acid groups (broad SMARTS) is 1. The van der Waals surface area contributed by atoms with Gasteiger partial charge in [0, 0.05) is 10.6 Å². The fraction of sp³-hybridized carbons (Fsp3) is 0.0714. The van der Waals surface area contributed by atoms with Crippen LogP contribution in [0.2, 0.25) is 15.1 Å². The topological polar surface area (TPSA) is 37.3 Å². The van der Waals surface area contributed by atoms with E-state index in [2.05, 4.69) is 0 Å². The largest absolute Gasteiger partial charge is 0.478 e. The van der Waals surface area contributed by atoms with Crippen molar-refractivity contribution < 1.29 is 9.90 Å². The van der Waals surface area contributed by atoms with Crippen LogP contribution in [0, 0.1) is 6.92 Å². The van der Waals surface area contributed by atoms with Gasteiger partial charge in [-0.25, -0.2) is 4.79 Å². The summed E-state index contributed by atoms with van der Waals surface area (Å²) in [5, 5.41) is 10.3. The van der Waals surface area contributed by atoms with Crippen LogP contribution in [-0.4, -0.2) is 11.1 Å². The fourth-order valence-electron chi connectivity index (χ4n) is 1.85. The fourth-order valence-corrected chi connectivity index (χ4v) is 2.87. The molecule has 0 amide bonds. The Morgan fingerprint density at radius 2 is 1.63 bits per heavy atom. The minimum absolute atomic E-state index is 0.150. The number of aryl methyl sites for hydroxylation is 1. The Labute approximate surface area is 125 Å². The Hall–Kier alpha value is -1.22. The maximum absolute atomic E-state index is 11.3. The molecule has 5 heteroatoms. The average Bonchev–Trinajstić information content (AvgIpc) is 2.27. The van der Waals surface area contributed by atoms with Gasteiger partial charge in [0.15, 0.2) is 0 Å². The van der Waals surface area contributed by atoms with Crippen LogP contribution < -0.4 is 0 Å². The normalized spacial score (nSPS) is 10.5. The van der Waals surface area contributed by atoms with E-state index in [0.29, 0.717) is 26.2 Å². The molecule has 0 aliphatic rings. The molecule has 2 nitrogen and oxygen atoms in total. The molecule has 0 fully saturated rings. The van der Waals surface area contributed by atoms with Crippen molar-refractivity contribution in [1.29, 1.82) is 0 Å². The van der Waals surface area contributed by atoms with Gasteiger partial charge in [-0.3, -0.25) is 0 Å². The van der Waals surface area contributed by atoms with Crippen molar-refractivity contribution in [2.75, 3.05) is 0 Å². The highest BCUT2D eigenvalue weighted by Crippen LogP contribution is 2.39. The smallest absolute Gasteiger partial charge is 0.336 e. The molecule has 0 bridgehead atoms. The van der Waals surface area contributed by atoms with Crippen molar-refractivity contribution in [3.8, 4) is 11.1 Å². The first kappa shape index (κ1) is 14.2. The van der Waals surface area contributed by atoms with Crippen molar-refractivity contribution in [3.63, 3.8) is 0 Å². The summed E-state index contributed by atoms with van der Waals surface area (Å²) in [5.41, 5.74) is 2.03. The lowest BCUT2D eigenvalue weighted by atomic mass is 9.97. The van der Waals surface area contributed by atoms with Crippen LogP contribution in [0.15, 0.2) is 30.3 Å². The summed E-state index contributed by atoms with van der Waals surface area (Å²) in [5.74, 6) is -1.03. The highest BCUT2D eigenvalue weighted by molar-refractivity contribution is 6.42. The molecule has 0 heterocycles. The Morgan fingerprint density at radius 1 is 1.05 bits per heavy atom. The van der Waals surface area contributed by atoms with E-state index in [4.69, 9.17) is 34.8 Å². The van der Waals surface area contributed by atoms with Gasteiger partial charge in [0.1, 0.15) is 0 Å². The van der Waals surface area contributed by atoms with Crippen LogP contribution >= 0.6 is 34.8 Å². The molecule has 0 aromatic heterocycles. The average molecular weight is 316 g/mol. The summed E-state index contributed by atoms with van der Waals surface area (Å²) in [4.78, 5) is 11.3. The molecule has 0 atom stereocenters. The zero-order valence-corrected chi connectivity index (χ0v) is 12.1. The maximum Gasteiger partial charge on any atom is 0.336 e. The van der Waals surface area contributed by atoms with E-state index in [0.717, 1.165) is 5.56 Å². The summed E-state index contributed by atoms with van der Waals surface area (Å²) in [7, 11) is 0. The minimum Gasteiger partial charge on any atom is -0.478 e. The molecule has 1 N–H and O–H groups in total. The monoisotopic (exact) mass is 314 g/mol. The quantitative estimate of drug-likeness (QED) is 0.814. The maximum atomic E-state index is 11.3. The van der Waals surface area contributed by atoms with Gasteiger partial charge in [0.05, 0.1) is 15.6 Å². The molecule has 0 unspecified atom stereocenters. The second-order valence-corrected chi connectivity index (χ2v) is 5.35. The summed E-state index contributed by atoms with van der Waals surface area (Å²) in [6.07, 6.45) is 0. The van der Waals surface area contributed by atoms with E-state index in [-0.39, 0.29) is 5.56 Å². The zero-order chi connectivity index (χ0) is 14.2. The second-order valence-electron chi connectivity index (χ2n) is 4.10. The number of rotatable bonds is 2. The number of hydrogen-bond acceptors (Lipinski definition) is 1. The summed E-state index contributed by atoms with van der Waals surface area (Å²) >= 11 is 18.1. The van der Waals surface area contributed by atoms with Crippen molar-refractivity contribution in [1.82, 2.24) is 0 Å². The molecule has 19 heavy (non-hydrogen) atoms. The van der Waals surface area contributed by atoms with Gasteiger partial charge in [-0.15, -0.1) is 0 Å². The third kappa shape index (κ3) is 2.86. The van der Waals surface area contributed by atoms with Crippen LogP contribution in [-0.2, 0) is 0 Å². The van der Waals surface area contributed by atoms with E-state index >= 15 is 0 Å². The molecule has 0 radical (unpaired) electrons. The lowest BCUT2D eigenvalue weighted by Gasteiger charge is -2.12. The molecule has 2 rings (SSSR count). The molecule has 0 saturated carbocycles. The number of halogens is 3. The predicted molar refractivity (Wildman–Crippen MR) is 78.6 cm³/mol. The van der Waals surface area contributed by atoms with Crippen molar-refractivity contribution >= 4 is 40.8 Å². The summed E-state index contributed by atoms with van der Waals surface area (Å²) in [6.45, 7) is 1.87. The Balaban J connectivity index is 2.78. The van der Waals surface area contributed by atoms with Crippen LogP contribution in [0.5, 0.6) is 0 Å². The summed E-state index contributed by atoms with van der Waals surface area (Å²) in [6, 6.07) is 8.08. The minimum atomic E-state index is -1.03.